The molecule has 18 heavy (non-hydrogen) atoms. The quantitative estimate of drug-likeness (QED) is 0.549. The van der Waals surface area contributed by atoms with Crippen LogP contribution in [-0.4, -0.2) is 33.1 Å². The van der Waals surface area contributed by atoms with E-state index in [1.54, 1.807) is 21.0 Å². The SMILES string of the molecule is CNC(C)(C#N)CCSc1nc(=O)c(=O)[nH]n1C. The first kappa shape index (κ1) is 14.5. The van der Waals surface area contributed by atoms with Gasteiger partial charge in [-0.15, -0.1) is 0 Å². The van der Waals surface area contributed by atoms with Crippen molar-refractivity contribution in [3.8, 4) is 6.07 Å². The molecule has 2 N–H and O–H groups in total. The van der Waals surface area contributed by atoms with Crippen LogP contribution in [0.1, 0.15) is 13.3 Å². The molecule has 0 amide bonds. The van der Waals surface area contributed by atoms with E-state index in [0.29, 0.717) is 17.3 Å². The third-order valence-corrected chi connectivity index (χ3v) is 3.61. The molecule has 98 valence electrons. The van der Waals surface area contributed by atoms with Gasteiger partial charge in [-0.1, -0.05) is 11.8 Å². The minimum Gasteiger partial charge on any atom is -0.303 e. The molecule has 1 unspecified atom stereocenters. The predicted octanol–water partition coefficient (Wildman–Crippen LogP) is -0.548. The van der Waals surface area contributed by atoms with E-state index in [1.165, 1.54) is 16.4 Å². The molecular formula is C10H15N5O2S. The first-order valence-corrected chi connectivity index (χ1v) is 6.31. The number of aryl methyl sites for hydroxylation is 1. The van der Waals surface area contributed by atoms with Gasteiger partial charge in [0.1, 0.15) is 5.54 Å². The predicted molar refractivity (Wildman–Crippen MR) is 68.5 cm³/mol. The number of aromatic nitrogens is 3. The lowest BCUT2D eigenvalue weighted by molar-refractivity contribution is 0.479. The van der Waals surface area contributed by atoms with E-state index in [0.717, 1.165) is 0 Å². The fraction of sp³-hybridized carbons (Fsp3) is 0.600. The van der Waals surface area contributed by atoms with Crippen molar-refractivity contribution in [1.29, 1.82) is 5.26 Å². The van der Waals surface area contributed by atoms with Gasteiger partial charge in [-0.25, -0.2) is 0 Å². The number of aromatic amines is 1. The van der Waals surface area contributed by atoms with Crippen LogP contribution in [0.5, 0.6) is 0 Å². The molecular weight excluding hydrogens is 254 g/mol. The molecule has 0 fully saturated rings. The highest BCUT2D eigenvalue weighted by Gasteiger charge is 2.20. The van der Waals surface area contributed by atoms with E-state index in [-0.39, 0.29) is 0 Å². The number of rotatable bonds is 5. The van der Waals surface area contributed by atoms with E-state index in [1.807, 2.05) is 0 Å². The molecule has 1 rings (SSSR count). The summed E-state index contributed by atoms with van der Waals surface area (Å²) in [4.78, 5) is 25.8. The smallest absolute Gasteiger partial charge is 0.303 e. The van der Waals surface area contributed by atoms with Gasteiger partial charge in [0.25, 0.3) is 0 Å². The highest BCUT2D eigenvalue weighted by Crippen LogP contribution is 2.17. The second-order valence-electron chi connectivity index (χ2n) is 3.99. The minimum atomic E-state index is -0.799. The first-order valence-electron chi connectivity index (χ1n) is 5.32. The molecule has 0 aliphatic rings. The highest BCUT2D eigenvalue weighted by atomic mass is 32.2. The molecule has 0 aromatic carbocycles. The average Bonchev–Trinajstić information content (AvgIpc) is 2.35. The number of nitrogens with one attached hydrogen (secondary N) is 2. The largest absolute Gasteiger partial charge is 0.339 e. The van der Waals surface area contributed by atoms with Crippen molar-refractivity contribution in [3.05, 3.63) is 20.7 Å². The molecule has 1 atom stereocenters. The van der Waals surface area contributed by atoms with Crippen molar-refractivity contribution in [2.45, 2.75) is 24.0 Å². The van der Waals surface area contributed by atoms with Crippen molar-refractivity contribution < 1.29 is 0 Å². The Balaban J connectivity index is 2.71. The number of hydrogen-bond donors (Lipinski definition) is 2. The maximum atomic E-state index is 11.1. The molecule has 8 heteroatoms. The van der Waals surface area contributed by atoms with Crippen LogP contribution >= 0.6 is 11.8 Å². The van der Waals surface area contributed by atoms with Crippen molar-refractivity contribution in [2.24, 2.45) is 7.05 Å². The number of thioether (sulfide) groups is 1. The summed E-state index contributed by atoms with van der Waals surface area (Å²) in [7, 11) is 3.33. The van der Waals surface area contributed by atoms with Crippen molar-refractivity contribution in [2.75, 3.05) is 12.8 Å². The maximum Gasteiger partial charge on any atom is 0.339 e. The lowest BCUT2D eigenvalue weighted by Gasteiger charge is -2.19. The molecule has 0 aliphatic heterocycles. The Kier molecular flexibility index (Phi) is 4.69. The van der Waals surface area contributed by atoms with Crippen LogP contribution in [0.2, 0.25) is 0 Å². The van der Waals surface area contributed by atoms with Gasteiger partial charge in [-0.05, 0) is 20.4 Å². The van der Waals surface area contributed by atoms with Gasteiger partial charge < -0.3 is 5.32 Å². The maximum absolute atomic E-state index is 11.1. The summed E-state index contributed by atoms with van der Waals surface area (Å²) in [5.41, 5.74) is -2.14. The normalized spacial score (nSPS) is 13.9. The standard InChI is InChI=1S/C10H15N5O2S/c1-10(6-11,12-2)4-5-18-9-13-7(16)8(17)14-15(9)3/h12H,4-5H2,1-3H3,(H,14,17). The van der Waals surface area contributed by atoms with E-state index >= 15 is 0 Å². The Labute approximate surface area is 108 Å². The van der Waals surface area contributed by atoms with Crippen LogP contribution in [0.4, 0.5) is 0 Å². The molecule has 0 bridgehead atoms. The lowest BCUT2D eigenvalue weighted by Crippen LogP contribution is -2.38. The fourth-order valence-electron chi connectivity index (χ4n) is 1.17. The Morgan fingerprint density at radius 3 is 2.83 bits per heavy atom. The number of nitriles is 1. The monoisotopic (exact) mass is 269 g/mol. The van der Waals surface area contributed by atoms with Crippen molar-refractivity contribution in [3.63, 3.8) is 0 Å². The molecule has 0 aliphatic carbocycles. The number of hydrogen-bond acceptors (Lipinski definition) is 6. The topological polar surface area (TPSA) is 104 Å². The van der Waals surface area contributed by atoms with Crippen LogP contribution in [0.15, 0.2) is 14.7 Å². The lowest BCUT2D eigenvalue weighted by atomic mass is 10.0. The summed E-state index contributed by atoms with van der Waals surface area (Å²) in [5.74, 6) is 0.608. The molecule has 7 nitrogen and oxygen atoms in total. The van der Waals surface area contributed by atoms with Crippen LogP contribution in [0.25, 0.3) is 0 Å². The van der Waals surface area contributed by atoms with E-state index < -0.39 is 16.7 Å². The molecule has 0 radical (unpaired) electrons. The van der Waals surface area contributed by atoms with Crippen molar-refractivity contribution in [1.82, 2.24) is 20.1 Å². The number of nitrogens with zero attached hydrogens (tertiary/aromatic N) is 3. The second-order valence-corrected chi connectivity index (χ2v) is 5.05. The third kappa shape index (κ3) is 3.45. The van der Waals surface area contributed by atoms with Crippen LogP contribution < -0.4 is 16.4 Å². The molecule has 0 saturated heterocycles. The molecule has 1 heterocycles. The van der Waals surface area contributed by atoms with E-state index in [2.05, 4.69) is 21.5 Å². The Bertz CT molecular complexity index is 573. The van der Waals surface area contributed by atoms with E-state index in [9.17, 15) is 9.59 Å². The van der Waals surface area contributed by atoms with Crippen LogP contribution in [0.3, 0.4) is 0 Å². The van der Waals surface area contributed by atoms with Gasteiger partial charge in [0, 0.05) is 12.8 Å². The molecule has 0 spiro atoms. The Hall–Kier alpha value is -1.59. The third-order valence-electron chi connectivity index (χ3n) is 2.58. The van der Waals surface area contributed by atoms with Gasteiger partial charge >= 0.3 is 11.1 Å². The van der Waals surface area contributed by atoms with Crippen LogP contribution in [0, 0.1) is 11.3 Å². The second kappa shape index (κ2) is 5.84. The minimum absolute atomic E-state index is 0.427. The number of H-pyrrole nitrogens is 1. The Morgan fingerprint density at radius 2 is 2.28 bits per heavy atom. The summed E-state index contributed by atoms with van der Waals surface area (Å²) in [6.07, 6.45) is 0.597. The van der Waals surface area contributed by atoms with Gasteiger partial charge in [0.05, 0.1) is 6.07 Å². The van der Waals surface area contributed by atoms with Gasteiger partial charge in [0.2, 0.25) is 0 Å². The zero-order valence-electron chi connectivity index (χ0n) is 10.5. The van der Waals surface area contributed by atoms with Gasteiger partial charge in [-0.2, -0.15) is 10.2 Å². The summed E-state index contributed by atoms with van der Waals surface area (Å²) < 4.78 is 1.40. The fourth-order valence-corrected chi connectivity index (χ4v) is 2.25. The Morgan fingerprint density at radius 1 is 1.61 bits per heavy atom. The summed E-state index contributed by atoms with van der Waals surface area (Å²) >= 11 is 1.32. The van der Waals surface area contributed by atoms with Crippen molar-refractivity contribution >= 4 is 11.8 Å². The molecule has 0 saturated carbocycles. The molecule has 1 aromatic heterocycles. The average molecular weight is 269 g/mol. The van der Waals surface area contributed by atoms with Gasteiger partial charge in [-0.3, -0.25) is 19.4 Å². The summed E-state index contributed by atoms with van der Waals surface area (Å²) in [6.45, 7) is 1.80. The summed E-state index contributed by atoms with van der Waals surface area (Å²) in [5, 5.41) is 14.7. The zero-order valence-corrected chi connectivity index (χ0v) is 11.3. The van der Waals surface area contributed by atoms with E-state index in [4.69, 9.17) is 5.26 Å². The van der Waals surface area contributed by atoms with Gasteiger partial charge in [0.15, 0.2) is 5.16 Å². The molecule has 1 aromatic rings. The highest BCUT2D eigenvalue weighted by molar-refractivity contribution is 7.99. The van der Waals surface area contributed by atoms with Crippen LogP contribution in [-0.2, 0) is 7.05 Å². The zero-order chi connectivity index (χ0) is 13.8. The first-order chi connectivity index (χ1) is 8.41. The summed E-state index contributed by atoms with van der Waals surface area (Å²) in [6, 6.07) is 2.18.